The zero-order chi connectivity index (χ0) is 12.7. The summed E-state index contributed by atoms with van der Waals surface area (Å²) >= 11 is 0. The molecule has 17 heavy (non-hydrogen) atoms. The van der Waals surface area contributed by atoms with Gasteiger partial charge in [0.05, 0.1) is 12.7 Å². The molecule has 1 aromatic carbocycles. The van der Waals surface area contributed by atoms with Gasteiger partial charge in [0.25, 0.3) is 0 Å². The van der Waals surface area contributed by atoms with Crippen molar-refractivity contribution in [1.29, 1.82) is 0 Å². The molecule has 0 aromatic heterocycles. The van der Waals surface area contributed by atoms with E-state index in [0.29, 0.717) is 0 Å². The van der Waals surface area contributed by atoms with Crippen molar-refractivity contribution in [3.05, 3.63) is 35.4 Å². The van der Waals surface area contributed by atoms with Crippen molar-refractivity contribution in [1.82, 2.24) is 4.90 Å². The summed E-state index contributed by atoms with van der Waals surface area (Å²) in [6.45, 7) is 4.55. The minimum atomic E-state index is -0.375. The summed E-state index contributed by atoms with van der Waals surface area (Å²) in [6, 6.07) is 8.05. The third-order valence-corrected chi connectivity index (χ3v) is 2.89. The quantitative estimate of drug-likeness (QED) is 0.787. The van der Waals surface area contributed by atoms with Gasteiger partial charge in [0, 0.05) is 20.2 Å². The van der Waals surface area contributed by atoms with E-state index in [1.807, 2.05) is 38.2 Å². The molecular weight excluding hydrogens is 214 g/mol. The summed E-state index contributed by atoms with van der Waals surface area (Å²) in [5.74, 6) is 0. The van der Waals surface area contributed by atoms with Gasteiger partial charge < -0.3 is 14.7 Å². The zero-order valence-corrected chi connectivity index (χ0v) is 11.0. The normalized spacial score (nSPS) is 13.0. The third kappa shape index (κ3) is 5.31. The number of hydrogen-bond donors (Lipinski definition) is 1. The van der Waals surface area contributed by atoms with E-state index in [9.17, 15) is 5.11 Å². The van der Waals surface area contributed by atoms with Crippen LogP contribution in [0.2, 0.25) is 0 Å². The number of nitrogens with zero attached hydrogens (tertiary/aromatic N) is 1. The fraction of sp³-hybridized carbons (Fsp3) is 0.571. The molecule has 0 amide bonds. The molecule has 1 unspecified atom stereocenters. The Morgan fingerprint density at radius 1 is 1.35 bits per heavy atom. The predicted molar refractivity (Wildman–Crippen MR) is 70.1 cm³/mol. The van der Waals surface area contributed by atoms with Gasteiger partial charge in [0.2, 0.25) is 0 Å². The van der Waals surface area contributed by atoms with Crippen LogP contribution in [0.4, 0.5) is 0 Å². The maximum atomic E-state index is 10.1. The van der Waals surface area contributed by atoms with Crippen LogP contribution in [0, 0.1) is 6.92 Å². The Kier molecular flexibility index (Phi) is 6.19. The molecule has 0 saturated carbocycles. The van der Waals surface area contributed by atoms with Crippen molar-refractivity contribution in [3.63, 3.8) is 0 Å². The van der Waals surface area contributed by atoms with Crippen LogP contribution >= 0.6 is 0 Å². The Bertz CT molecular complexity index is 328. The number of aliphatic hydroxyl groups is 1. The maximum Gasteiger partial charge on any atom is 0.0802 e. The highest BCUT2D eigenvalue weighted by Gasteiger charge is 2.08. The smallest absolute Gasteiger partial charge is 0.0802 e. The summed E-state index contributed by atoms with van der Waals surface area (Å²) in [4.78, 5) is 2.17. The van der Waals surface area contributed by atoms with Crippen LogP contribution in [0.25, 0.3) is 0 Å². The first-order valence-electron chi connectivity index (χ1n) is 6.05. The second kappa shape index (κ2) is 7.43. The number of ether oxygens (including phenoxy) is 1. The topological polar surface area (TPSA) is 32.7 Å². The average molecular weight is 237 g/mol. The van der Waals surface area contributed by atoms with Crippen LogP contribution < -0.4 is 0 Å². The lowest BCUT2D eigenvalue weighted by Crippen LogP contribution is -2.25. The SMILES string of the molecule is COCCN(C)CCC(O)c1cccc(C)c1. The Labute approximate surface area is 104 Å². The maximum absolute atomic E-state index is 10.1. The van der Waals surface area contributed by atoms with Crippen LogP contribution in [-0.4, -0.2) is 43.9 Å². The van der Waals surface area contributed by atoms with Crippen molar-refractivity contribution in [2.45, 2.75) is 19.4 Å². The van der Waals surface area contributed by atoms with Crippen LogP contribution in [-0.2, 0) is 4.74 Å². The number of methoxy groups -OCH3 is 1. The fourth-order valence-corrected chi connectivity index (χ4v) is 1.75. The molecule has 1 aromatic rings. The van der Waals surface area contributed by atoms with Gasteiger partial charge in [-0.1, -0.05) is 29.8 Å². The molecule has 0 bridgehead atoms. The minimum absolute atomic E-state index is 0.375. The molecule has 1 N–H and O–H groups in total. The molecule has 3 heteroatoms. The second-order valence-corrected chi connectivity index (χ2v) is 4.51. The summed E-state index contributed by atoms with van der Waals surface area (Å²) in [5, 5.41) is 10.1. The zero-order valence-electron chi connectivity index (χ0n) is 11.0. The number of rotatable bonds is 7. The standard InChI is InChI=1S/C14H23NO2/c1-12-5-4-6-13(11-12)14(16)7-8-15(2)9-10-17-3/h4-6,11,14,16H,7-10H2,1-3H3. The molecule has 0 heterocycles. The van der Waals surface area contributed by atoms with Gasteiger partial charge in [0.15, 0.2) is 0 Å². The highest BCUT2D eigenvalue weighted by atomic mass is 16.5. The van der Waals surface area contributed by atoms with Crippen molar-refractivity contribution in [3.8, 4) is 0 Å². The van der Waals surface area contributed by atoms with E-state index in [0.717, 1.165) is 31.7 Å². The first-order chi connectivity index (χ1) is 8.13. The lowest BCUT2D eigenvalue weighted by Gasteiger charge is -2.18. The third-order valence-electron chi connectivity index (χ3n) is 2.89. The number of aryl methyl sites for hydroxylation is 1. The van der Waals surface area contributed by atoms with E-state index in [-0.39, 0.29) is 6.10 Å². The highest BCUT2D eigenvalue weighted by Crippen LogP contribution is 2.17. The van der Waals surface area contributed by atoms with E-state index in [4.69, 9.17) is 4.74 Å². The molecule has 0 aliphatic carbocycles. The van der Waals surface area contributed by atoms with Crippen molar-refractivity contribution in [2.24, 2.45) is 0 Å². The molecule has 1 rings (SSSR count). The Balaban J connectivity index is 2.36. The van der Waals surface area contributed by atoms with Gasteiger partial charge in [-0.3, -0.25) is 0 Å². The molecule has 0 fully saturated rings. The van der Waals surface area contributed by atoms with E-state index >= 15 is 0 Å². The molecule has 0 saturated heterocycles. The van der Waals surface area contributed by atoms with Gasteiger partial charge in [-0.05, 0) is 26.0 Å². The summed E-state index contributed by atoms with van der Waals surface area (Å²) < 4.78 is 5.02. The largest absolute Gasteiger partial charge is 0.388 e. The molecule has 0 aliphatic heterocycles. The number of benzene rings is 1. The van der Waals surface area contributed by atoms with Gasteiger partial charge >= 0.3 is 0 Å². The van der Waals surface area contributed by atoms with Gasteiger partial charge in [-0.25, -0.2) is 0 Å². The lowest BCUT2D eigenvalue weighted by molar-refractivity contribution is 0.129. The number of likely N-dealkylation sites (N-methyl/N-ethyl adjacent to an activating group) is 1. The predicted octanol–water partition coefficient (Wildman–Crippen LogP) is 2.00. The summed E-state index contributed by atoms with van der Waals surface area (Å²) in [6.07, 6.45) is 0.379. The summed E-state index contributed by atoms with van der Waals surface area (Å²) in [7, 11) is 3.75. The molecule has 0 radical (unpaired) electrons. The summed E-state index contributed by atoms with van der Waals surface area (Å²) in [5.41, 5.74) is 2.19. The van der Waals surface area contributed by atoms with Crippen molar-refractivity contribution < 1.29 is 9.84 Å². The Morgan fingerprint density at radius 2 is 2.12 bits per heavy atom. The molecule has 96 valence electrons. The van der Waals surface area contributed by atoms with Crippen molar-refractivity contribution in [2.75, 3.05) is 33.9 Å². The van der Waals surface area contributed by atoms with E-state index in [1.165, 1.54) is 5.56 Å². The number of hydrogen-bond acceptors (Lipinski definition) is 3. The molecule has 0 aliphatic rings. The molecule has 3 nitrogen and oxygen atoms in total. The van der Waals surface area contributed by atoms with E-state index < -0.39 is 0 Å². The lowest BCUT2D eigenvalue weighted by atomic mass is 10.0. The Morgan fingerprint density at radius 3 is 2.76 bits per heavy atom. The van der Waals surface area contributed by atoms with E-state index in [1.54, 1.807) is 7.11 Å². The average Bonchev–Trinajstić information content (AvgIpc) is 2.33. The minimum Gasteiger partial charge on any atom is -0.388 e. The number of aliphatic hydroxyl groups excluding tert-OH is 1. The van der Waals surface area contributed by atoms with E-state index in [2.05, 4.69) is 4.90 Å². The van der Waals surface area contributed by atoms with Crippen molar-refractivity contribution >= 4 is 0 Å². The monoisotopic (exact) mass is 237 g/mol. The molecular formula is C14H23NO2. The molecule has 0 spiro atoms. The molecule has 1 atom stereocenters. The van der Waals surface area contributed by atoms with Crippen LogP contribution in [0.15, 0.2) is 24.3 Å². The first kappa shape index (κ1) is 14.2. The van der Waals surface area contributed by atoms with Gasteiger partial charge in [-0.2, -0.15) is 0 Å². The van der Waals surface area contributed by atoms with Gasteiger partial charge in [-0.15, -0.1) is 0 Å². The fourth-order valence-electron chi connectivity index (χ4n) is 1.75. The highest BCUT2D eigenvalue weighted by molar-refractivity contribution is 5.23. The van der Waals surface area contributed by atoms with Crippen LogP contribution in [0.3, 0.4) is 0 Å². The van der Waals surface area contributed by atoms with Gasteiger partial charge in [0.1, 0.15) is 0 Å². The Hall–Kier alpha value is -0.900. The first-order valence-corrected chi connectivity index (χ1v) is 6.05. The van der Waals surface area contributed by atoms with Crippen LogP contribution in [0.1, 0.15) is 23.7 Å². The van der Waals surface area contributed by atoms with Crippen LogP contribution in [0.5, 0.6) is 0 Å². The second-order valence-electron chi connectivity index (χ2n) is 4.51.